The van der Waals surface area contributed by atoms with Crippen LogP contribution in [0.25, 0.3) is 0 Å². The predicted molar refractivity (Wildman–Crippen MR) is 86.2 cm³/mol. The van der Waals surface area contributed by atoms with Gasteiger partial charge in [0.15, 0.2) is 0 Å². The van der Waals surface area contributed by atoms with Crippen molar-refractivity contribution < 1.29 is 13.2 Å². The summed E-state index contributed by atoms with van der Waals surface area (Å²) in [5.74, 6) is 0.531. The Morgan fingerprint density at radius 2 is 1.73 bits per heavy atom. The number of carbonyl (C=O) groups excluding carboxylic acids is 1. The molecule has 122 valence electrons. The molecular weight excluding hydrogens is 300 g/mol. The van der Waals surface area contributed by atoms with E-state index in [0.717, 1.165) is 0 Å². The van der Waals surface area contributed by atoms with Crippen molar-refractivity contribution in [3.63, 3.8) is 0 Å². The molecule has 0 radical (unpaired) electrons. The standard InChI is InChI=1S/C16H24N2O3S/c1-11(2)17-22(20,21)15-9-7-14(8-10-15)16(19)18(4)12(3)13-5-6-13/h7-13,17H,5-6H2,1-4H3. The van der Waals surface area contributed by atoms with Gasteiger partial charge in [-0.1, -0.05) is 0 Å². The molecule has 0 bridgehead atoms. The van der Waals surface area contributed by atoms with Gasteiger partial charge in [0.25, 0.3) is 5.91 Å². The van der Waals surface area contributed by atoms with E-state index in [4.69, 9.17) is 0 Å². The van der Waals surface area contributed by atoms with Gasteiger partial charge in [0.05, 0.1) is 4.90 Å². The van der Waals surface area contributed by atoms with Gasteiger partial charge in [0.2, 0.25) is 10.0 Å². The fraction of sp³-hybridized carbons (Fsp3) is 0.562. The lowest BCUT2D eigenvalue weighted by atomic mass is 10.1. The molecule has 1 saturated carbocycles. The third-order valence-electron chi connectivity index (χ3n) is 4.04. The van der Waals surface area contributed by atoms with E-state index in [1.54, 1.807) is 37.9 Å². The van der Waals surface area contributed by atoms with Crippen LogP contribution in [-0.2, 0) is 10.0 Å². The Morgan fingerprint density at radius 3 is 2.18 bits per heavy atom. The molecule has 1 unspecified atom stereocenters. The molecule has 0 aromatic heterocycles. The van der Waals surface area contributed by atoms with Crippen LogP contribution in [0.1, 0.15) is 44.0 Å². The van der Waals surface area contributed by atoms with Crippen molar-refractivity contribution in [3.8, 4) is 0 Å². The van der Waals surface area contributed by atoms with E-state index >= 15 is 0 Å². The second-order valence-electron chi connectivity index (χ2n) is 6.29. The highest BCUT2D eigenvalue weighted by atomic mass is 32.2. The fourth-order valence-electron chi connectivity index (χ4n) is 2.44. The van der Waals surface area contributed by atoms with Crippen molar-refractivity contribution >= 4 is 15.9 Å². The number of nitrogens with zero attached hydrogens (tertiary/aromatic N) is 1. The van der Waals surface area contributed by atoms with Crippen LogP contribution in [0, 0.1) is 5.92 Å². The zero-order chi connectivity index (χ0) is 16.5. The predicted octanol–water partition coefficient (Wildman–Crippen LogP) is 2.24. The van der Waals surface area contributed by atoms with Crippen molar-refractivity contribution in [3.05, 3.63) is 29.8 Å². The van der Waals surface area contributed by atoms with Crippen LogP contribution in [0.15, 0.2) is 29.2 Å². The maximum Gasteiger partial charge on any atom is 0.253 e. The SMILES string of the molecule is CC(C)NS(=O)(=O)c1ccc(C(=O)N(C)C(C)C2CC2)cc1. The lowest BCUT2D eigenvalue weighted by Crippen LogP contribution is -2.36. The molecule has 0 heterocycles. The first-order valence-electron chi connectivity index (χ1n) is 7.62. The number of carbonyl (C=O) groups is 1. The van der Waals surface area contributed by atoms with E-state index in [1.807, 2.05) is 0 Å². The minimum atomic E-state index is -3.52. The zero-order valence-corrected chi connectivity index (χ0v) is 14.4. The van der Waals surface area contributed by atoms with Gasteiger partial charge in [-0.05, 0) is 63.8 Å². The van der Waals surface area contributed by atoms with E-state index in [0.29, 0.717) is 11.5 Å². The molecular formula is C16H24N2O3S. The topological polar surface area (TPSA) is 66.5 Å². The Hall–Kier alpha value is -1.40. The van der Waals surface area contributed by atoms with Crippen LogP contribution < -0.4 is 4.72 Å². The van der Waals surface area contributed by atoms with E-state index in [1.165, 1.54) is 25.0 Å². The third kappa shape index (κ3) is 3.87. The second-order valence-corrected chi connectivity index (χ2v) is 8.01. The number of hydrogen-bond acceptors (Lipinski definition) is 3. The second kappa shape index (κ2) is 6.38. The molecule has 0 aliphatic heterocycles. The summed E-state index contributed by atoms with van der Waals surface area (Å²) in [5, 5.41) is 0. The fourth-order valence-corrected chi connectivity index (χ4v) is 3.69. The maximum absolute atomic E-state index is 12.4. The van der Waals surface area contributed by atoms with Gasteiger partial charge in [-0.2, -0.15) is 0 Å². The number of nitrogens with one attached hydrogen (secondary N) is 1. The molecule has 1 aliphatic rings. The van der Waals surface area contributed by atoms with Crippen molar-refractivity contribution in [2.75, 3.05) is 7.05 Å². The van der Waals surface area contributed by atoms with Gasteiger partial charge in [0, 0.05) is 24.7 Å². The largest absolute Gasteiger partial charge is 0.339 e. The number of hydrogen-bond donors (Lipinski definition) is 1. The molecule has 0 spiro atoms. The lowest BCUT2D eigenvalue weighted by Gasteiger charge is -2.25. The Balaban J connectivity index is 2.12. The van der Waals surface area contributed by atoms with Crippen molar-refractivity contribution in [1.82, 2.24) is 9.62 Å². The molecule has 1 N–H and O–H groups in total. The van der Waals surface area contributed by atoms with Gasteiger partial charge in [-0.3, -0.25) is 4.79 Å². The first-order chi connectivity index (χ1) is 10.2. The maximum atomic E-state index is 12.4. The van der Waals surface area contributed by atoms with Crippen molar-refractivity contribution in [1.29, 1.82) is 0 Å². The van der Waals surface area contributed by atoms with E-state index < -0.39 is 10.0 Å². The Labute approximate surface area is 132 Å². The first kappa shape index (κ1) is 17.0. The van der Waals surface area contributed by atoms with Crippen LogP contribution in [0.5, 0.6) is 0 Å². The van der Waals surface area contributed by atoms with Crippen molar-refractivity contribution in [2.45, 2.75) is 50.6 Å². The Morgan fingerprint density at radius 1 is 1.18 bits per heavy atom. The lowest BCUT2D eigenvalue weighted by molar-refractivity contribution is 0.0727. The summed E-state index contributed by atoms with van der Waals surface area (Å²) in [6, 6.07) is 6.16. The molecule has 1 aliphatic carbocycles. The summed E-state index contributed by atoms with van der Waals surface area (Å²) >= 11 is 0. The first-order valence-corrected chi connectivity index (χ1v) is 9.10. The quantitative estimate of drug-likeness (QED) is 0.873. The highest BCUT2D eigenvalue weighted by molar-refractivity contribution is 7.89. The molecule has 2 rings (SSSR count). The van der Waals surface area contributed by atoms with Crippen LogP contribution in [0.4, 0.5) is 0 Å². The van der Waals surface area contributed by atoms with Crippen LogP contribution in [0.3, 0.4) is 0 Å². The zero-order valence-electron chi connectivity index (χ0n) is 13.5. The van der Waals surface area contributed by atoms with Gasteiger partial charge >= 0.3 is 0 Å². The number of amides is 1. The molecule has 1 aromatic carbocycles. The average Bonchev–Trinajstić information content (AvgIpc) is 3.28. The van der Waals surface area contributed by atoms with E-state index in [9.17, 15) is 13.2 Å². The Kier molecular flexibility index (Phi) is 4.92. The molecule has 1 atom stereocenters. The van der Waals surface area contributed by atoms with E-state index in [2.05, 4.69) is 11.6 Å². The van der Waals surface area contributed by atoms with Gasteiger partial charge in [0.1, 0.15) is 0 Å². The molecule has 5 nitrogen and oxygen atoms in total. The monoisotopic (exact) mass is 324 g/mol. The normalized spacial score (nSPS) is 16.6. The third-order valence-corrected chi connectivity index (χ3v) is 5.71. The smallest absolute Gasteiger partial charge is 0.253 e. The molecule has 1 fully saturated rings. The molecule has 6 heteroatoms. The van der Waals surface area contributed by atoms with Crippen LogP contribution in [0.2, 0.25) is 0 Å². The van der Waals surface area contributed by atoms with Gasteiger partial charge < -0.3 is 4.90 Å². The van der Waals surface area contributed by atoms with Gasteiger partial charge in [-0.25, -0.2) is 13.1 Å². The molecule has 22 heavy (non-hydrogen) atoms. The Bertz CT molecular complexity index is 634. The van der Waals surface area contributed by atoms with Gasteiger partial charge in [-0.15, -0.1) is 0 Å². The minimum absolute atomic E-state index is 0.0693. The van der Waals surface area contributed by atoms with Crippen LogP contribution in [-0.4, -0.2) is 38.4 Å². The molecule has 1 aromatic rings. The summed E-state index contributed by atoms with van der Waals surface area (Å²) in [6.45, 7) is 5.59. The highest BCUT2D eigenvalue weighted by Crippen LogP contribution is 2.35. The van der Waals surface area contributed by atoms with Crippen LogP contribution >= 0.6 is 0 Å². The van der Waals surface area contributed by atoms with Crippen molar-refractivity contribution in [2.24, 2.45) is 5.92 Å². The summed E-state index contributed by atoms with van der Waals surface area (Å²) in [5.41, 5.74) is 0.512. The molecule has 1 amide bonds. The number of sulfonamides is 1. The summed E-state index contributed by atoms with van der Waals surface area (Å²) < 4.78 is 26.6. The summed E-state index contributed by atoms with van der Waals surface area (Å²) in [6.07, 6.45) is 2.35. The number of benzene rings is 1. The van der Waals surface area contributed by atoms with E-state index in [-0.39, 0.29) is 22.9 Å². The average molecular weight is 324 g/mol. The highest BCUT2D eigenvalue weighted by Gasteiger charge is 2.32. The molecule has 0 saturated heterocycles. The minimum Gasteiger partial charge on any atom is -0.339 e. The summed E-state index contributed by atoms with van der Waals surface area (Å²) in [4.78, 5) is 14.3. The summed E-state index contributed by atoms with van der Waals surface area (Å²) in [7, 11) is -1.72. The number of rotatable bonds is 6.